The average Bonchev–Trinajstić information content (AvgIpc) is 2.86. The van der Waals surface area contributed by atoms with Gasteiger partial charge in [0.25, 0.3) is 0 Å². The molecule has 1 heterocycles. The third-order valence-electron chi connectivity index (χ3n) is 3.04. The van der Waals surface area contributed by atoms with E-state index in [2.05, 4.69) is 36.3 Å². The minimum atomic E-state index is 0.162. The zero-order valence-corrected chi connectivity index (χ0v) is 10.9. The molecule has 2 rings (SSSR count). The third-order valence-corrected chi connectivity index (χ3v) is 3.04. The molecule has 0 saturated carbocycles. The normalized spacial score (nSPS) is 10.6. The monoisotopic (exact) mass is 242 g/mol. The van der Waals surface area contributed by atoms with Crippen LogP contribution in [-0.2, 0) is 13.0 Å². The molecule has 2 aromatic rings. The molecule has 0 atom stereocenters. The van der Waals surface area contributed by atoms with Crippen LogP contribution in [0.4, 0.5) is 0 Å². The number of Topliss-reactive ketones (excluding diaryl/α,β-unsaturated/α-hetero) is 1. The Morgan fingerprint density at radius 1 is 1.28 bits per heavy atom. The van der Waals surface area contributed by atoms with Crippen molar-refractivity contribution in [3.8, 4) is 0 Å². The topological polar surface area (TPSA) is 34.9 Å². The molecule has 0 saturated heterocycles. The van der Waals surface area contributed by atoms with Crippen LogP contribution in [0, 0.1) is 6.92 Å². The highest BCUT2D eigenvalue weighted by molar-refractivity contribution is 5.95. The van der Waals surface area contributed by atoms with Gasteiger partial charge < -0.3 is 0 Å². The fourth-order valence-electron chi connectivity index (χ4n) is 1.84. The van der Waals surface area contributed by atoms with E-state index in [9.17, 15) is 4.79 Å². The maximum Gasteiger partial charge on any atom is 0.166 e. The molecule has 0 unspecified atom stereocenters. The SMILES string of the molecule is CCn1cc(C(=O)CCc2ccc(C)cc2)cn1. The van der Waals surface area contributed by atoms with Crippen molar-refractivity contribution in [1.82, 2.24) is 9.78 Å². The first kappa shape index (κ1) is 12.6. The maximum absolute atomic E-state index is 12.0. The van der Waals surface area contributed by atoms with Crippen molar-refractivity contribution in [2.45, 2.75) is 33.2 Å². The lowest BCUT2D eigenvalue weighted by molar-refractivity contribution is 0.0983. The second kappa shape index (κ2) is 5.63. The molecule has 0 amide bonds. The van der Waals surface area contributed by atoms with Crippen molar-refractivity contribution in [2.75, 3.05) is 0 Å². The quantitative estimate of drug-likeness (QED) is 0.755. The van der Waals surface area contributed by atoms with E-state index in [4.69, 9.17) is 0 Å². The number of nitrogens with zero attached hydrogens (tertiary/aromatic N) is 2. The highest BCUT2D eigenvalue weighted by Gasteiger charge is 2.08. The van der Waals surface area contributed by atoms with E-state index in [1.807, 2.05) is 13.1 Å². The molecule has 0 aliphatic heterocycles. The first-order valence-corrected chi connectivity index (χ1v) is 6.30. The maximum atomic E-state index is 12.0. The molecule has 0 bridgehead atoms. The van der Waals surface area contributed by atoms with Gasteiger partial charge in [-0.3, -0.25) is 9.48 Å². The molecule has 0 aliphatic rings. The third kappa shape index (κ3) is 3.06. The van der Waals surface area contributed by atoms with Crippen molar-refractivity contribution in [3.63, 3.8) is 0 Å². The Bertz CT molecular complexity index is 526. The van der Waals surface area contributed by atoms with E-state index in [1.54, 1.807) is 10.9 Å². The number of rotatable bonds is 5. The first-order valence-electron chi connectivity index (χ1n) is 6.30. The Hall–Kier alpha value is -1.90. The fourth-order valence-corrected chi connectivity index (χ4v) is 1.84. The Morgan fingerprint density at radius 2 is 2.00 bits per heavy atom. The van der Waals surface area contributed by atoms with Crippen LogP contribution in [0.15, 0.2) is 36.7 Å². The molecular weight excluding hydrogens is 224 g/mol. The fraction of sp³-hybridized carbons (Fsp3) is 0.333. The lowest BCUT2D eigenvalue weighted by Crippen LogP contribution is -2.00. The summed E-state index contributed by atoms with van der Waals surface area (Å²) in [5, 5.41) is 4.12. The van der Waals surface area contributed by atoms with Gasteiger partial charge in [0, 0.05) is 19.2 Å². The van der Waals surface area contributed by atoms with E-state index < -0.39 is 0 Å². The van der Waals surface area contributed by atoms with Gasteiger partial charge in [-0.15, -0.1) is 0 Å². The van der Waals surface area contributed by atoms with Crippen LogP contribution in [-0.4, -0.2) is 15.6 Å². The zero-order valence-electron chi connectivity index (χ0n) is 10.9. The average molecular weight is 242 g/mol. The molecule has 0 radical (unpaired) electrons. The molecule has 0 aliphatic carbocycles. The molecule has 3 heteroatoms. The van der Waals surface area contributed by atoms with Crippen molar-refractivity contribution in [2.24, 2.45) is 0 Å². The van der Waals surface area contributed by atoms with E-state index in [1.165, 1.54) is 11.1 Å². The van der Waals surface area contributed by atoms with Crippen LogP contribution in [0.5, 0.6) is 0 Å². The summed E-state index contributed by atoms with van der Waals surface area (Å²) >= 11 is 0. The highest BCUT2D eigenvalue weighted by Crippen LogP contribution is 2.09. The molecule has 0 fully saturated rings. The van der Waals surface area contributed by atoms with Crippen molar-refractivity contribution in [3.05, 3.63) is 53.3 Å². The summed E-state index contributed by atoms with van der Waals surface area (Å²) in [6.07, 6.45) is 4.80. The van der Waals surface area contributed by atoms with E-state index in [0.29, 0.717) is 12.0 Å². The number of hydrogen-bond donors (Lipinski definition) is 0. The van der Waals surface area contributed by atoms with Crippen LogP contribution < -0.4 is 0 Å². The Balaban J connectivity index is 1.93. The number of aryl methyl sites for hydroxylation is 3. The van der Waals surface area contributed by atoms with Crippen molar-refractivity contribution in [1.29, 1.82) is 0 Å². The van der Waals surface area contributed by atoms with Gasteiger partial charge in [0.2, 0.25) is 0 Å². The van der Waals surface area contributed by atoms with Gasteiger partial charge in [-0.2, -0.15) is 5.10 Å². The van der Waals surface area contributed by atoms with Crippen LogP contribution in [0.25, 0.3) is 0 Å². The van der Waals surface area contributed by atoms with Gasteiger partial charge >= 0.3 is 0 Å². The number of carbonyl (C=O) groups excluding carboxylic acids is 1. The van der Waals surface area contributed by atoms with Crippen LogP contribution in [0.1, 0.15) is 34.8 Å². The molecule has 18 heavy (non-hydrogen) atoms. The summed E-state index contributed by atoms with van der Waals surface area (Å²) in [6, 6.07) is 8.32. The molecule has 3 nitrogen and oxygen atoms in total. The minimum Gasteiger partial charge on any atom is -0.294 e. The number of aromatic nitrogens is 2. The van der Waals surface area contributed by atoms with Crippen molar-refractivity contribution >= 4 is 5.78 Å². The Labute approximate surface area is 107 Å². The standard InChI is InChI=1S/C15H18N2O/c1-3-17-11-14(10-16-17)15(18)9-8-13-6-4-12(2)5-7-13/h4-7,10-11H,3,8-9H2,1-2H3. The van der Waals surface area contributed by atoms with Gasteiger partial charge in [0.1, 0.15) is 0 Å². The second-order valence-corrected chi connectivity index (χ2v) is 4.49. The van der Waals surface area contributed by atoms with Gasteiger partial charge in [-0.25, -0.2) is 0 Å². The predicted octanol–water partition coefficient (Wildman–Crippen LogP) is 3.03. The van der Waals surface area contributed by atoms with Crippen LogP contribution in [0.2, 0.25) is 0 Å². The largest absolute Gasteiger partial charge is 0.294 e. The number of carbonyl (C=O) groups is 1. The molecule has 1 aromatic carbocycles. The molecule has 0 N–H and O–H groups in total. The Morgan fingerprint density at radius 3 is 2.61 bits per heavy atom. The van der Waals surface area contributed by atoms with E-state index in [0.717, 1.165) is 13.0 Å². The van der Waals surface area contributed by atoms with Gasteiger partial charge in [0.15, 0.2) is 5.78 Å². The Kier molecular flexibility index (Phi) is 3.92. The van der Waals surface area contributed by atoms with Gasteiger partial charge in [0.05, 0.1) is 11.8 Å². The summed E-state index contributed by atoms with van der Waals surface area (Å²) in [5.41, 5.74) is 3.16. The molecular formula is C15H18N2O. The van der Waals surface area contributed by atoms with E-state index in [-0.39, 0.29) is 5.78 Å². The summed E-state index contributed by atoms with van der Waals surface area (Å²) in [5.74, 6) is 0.162. The molecule has 94 valence electrons. The van der Waals surface area contributed by atoms with Crippen LogP contribution >= 0.6 is 0 Å². The number of benzene rings is 1. The first-order chi connectivity index (χ1) is 8.69. The summed E-state index contributed by atoms with van der Waals surface area (Å²) in [7, 11) is 0. The van der Waals surface area contributed by atoms with Gasteiger partial charge in [-0.05, 0) is 25.8 Å². The zero-order chi connectivity index (χ0) is 13.0. The summed E-state index contributed by atoms with van der Waals surface area (Å²) < 4.78 is 1.78. The highest BCUT2D eigenvalue weighted by atomic mass is 16.1. The second-order valence-electron chi connectivity index (χ2n) is 4.49. The number of ketones is 1. The van der Waals surface area contributed by atoms with Crippen molar-refractivity contribution < 1.29 is 4.79 Å². The lowest BCUT2D eigenvalue weighted by Gasteiger charge is -2.00. The number of hydrogen-bond acceptors (Lipinski definition) is 2. The van der Waals surface area contributed by atoms with Crippen LogP contribution in [0.3, 0.4) is 0 Å². The predicted molar refractivity (Wildman–Crippen MR) is 71.7 cm³/mol. The minimum absolute atomic E-state index is 0.162. The lowest BCUT2D eigenvalue weighted by atomic mass is 10.0. The summed E-state index contributed by atoms with van der Waals surface area (Å²) in [6.45, 7) is 4.87. The summed E-state index contributed by atoms with van der Waals surface area (Å²) in [4.78, 5) is 12.0. The van der Waals surface area contributed by atoms with E-state index >= 15 is 0 Å². The molecule has 1 aromatic heterocycles. The smallest absolute Gasteiger partial charge is 0.166 e. The molecule has 0 spiro atoms. The van der Waals surface area contributed by atoms with Gasteiger partial charge in [-0.1, -0.05) is 29.8 Å².